The minimum absolute atomic E-state index is 0.186. The summed E-state index contributed by atoms with van der Waals surface area (Å²) >= 11 is 1.53. The molecule has 3 heterocycles. The van der Waals surface area contributed by atoms with Crippen LogP contribution in [0.3, 0.4) is 0 Å². The number of aromatic nitrogens is 4. The predicted molar refractivity (Wildman–Crippen MR) is 121 cm³/mol. The van der Waals surface area contributed by atoms with Crippen molar-refractivity contribution < 1.29 is 0 Å². The van der Waals surface area contributed by atoms with Crippen molar-refractivity contribution in [2.45, 2.75) is 46.0 Å². The molecule has 29 heavy (non-hydrogen) atoms. The molecule has 2 N–H and O–H groups in total. The molecule has 1 atom stereocenters. The fourth-order valence-corrected chi connectivity index (χ4v) is 3.74. The van der Waals surface area contributed by atoms with Crippen LogP contribution < -0.4 is 5.32 Å². The smallest absolute Gasteiger partial charge is 0.211 e. The number of nitrogens with zero attached hydrogens (tertiary/aromatic N) is 5. The van der Waals surface area contributed by atoms with E-state index >= 15 is 0 Å². The molecule has 0 saturated heterocycles. The van der Waals surface area contributed by atoms with E-state index in [0.29, 0.717) is 23.4 Å². The third kappa shape index (κ3) is 5.20. The summed E-state index contributed by atoms with van der Waals surface area (Å²) in [4.78, 5) is 13.4. The van der Waals surface area contributed by atoms with Crippen LogP contribution in [-0.2, 0) is 0 Å². The molecule has 1 unspecified atom stereocenters. The number of hydrogen-bond donors (Lipinski definition) is 2. The highest BCUT2D eigenvalue weighted by Crippen LogP contribution is 2.26. The van der Waals surface area contributed by atoms with E-state index in [1.807, 2.05) is 30.6 Å². The van der Waals surface area contributed by atoms with E-state index in [4.69, 9.17) is 10.4 Å². The molecule has 152 valence electrons. The molecule has 0 bridgehead atoms. The standard InChI is InChI=1S/C21H27N7S/c1-12(2)8-16(22)15(11-23-5)14-9-18-17(24-10-14)6-7-19(25-18)26-21-28-27-20(29-21)13(3)4/h6-7,9-13,15,22H,8H2,1-5H3,(H,25,26,28). The first-order valence-electron chi connectivity index (χ1n) is 9.74. The van der Waals surface area contributed by atoms with Gasteiger partial charge in [0.25, 0.3) is 0 Å². The first-order chi connectivity index (χ1) is 13.9. The maximum absolute atomic E-state index is 8.49. The highest BCUT2D eigenvalue weighted by atomic mass is 32.1. The molecule has 0 fully saturated rings. The highest BCUT2D eigenvalue weighted by molar-refractivity contribution is 7.15. The van der Waals surface area contributed by atoms with Crippen molar-refractivity contribution in [3.63, 3.8) is 0 Å². The van der Waals surface area contributed by atoms with Crippen molar-refractivity contribution in [3.8, 4) is 0 Å². The quantitative estimate of drug-likeness (QED) is 0.498. The maximum Gasteiger partial charge on any atom is 0.211 e. The minimum atomic E-state index is -0.186. The summed E-state index contributed by atoms with van der Waals surface area (Å²) < 4.78 is 0. The number of pyridine rings is 2. The van der Waals surface area contributed by atoms with Crippen molar-refractivity contribution in [3.05, 3.63) is 35.0 Å². The lowest BCUT2D eigenvalue weighted by molar-refractivity contribution is 0.675. The summed E-state index contributed by atoms with van der Waals surface area (Å²) in [6.45, 7) is 8.42. The summed E-state index contributed by atoms with van der Waals surface area (Å²) in [5.41, 5.74) is 3.14. The van der Waals surface area contributed by atoms with E-state index in [0.717, 1.165) is 33.2 Å². The molecule has 0 aliphatic carbocycles. The van der Waals surface area contributed by atoms with Gasteiger partial charge in [-0.15, -0.1) is 10.2 Å². The zero-order valence-electron chi connectivity index (χ0n) is 17.5. The van der Waals surface area contributed by atoms with Gasteiger partial charge in [-0.05, 0) is 36.1 Å². The number of anilines is 2. The molecule has 0 aromatic carbocycles. The Kier molecular flexibility index (Phi) is 6.64. The summed E-state index contributed by atoms with van der Waals surface area (Å²) in [6.07, 6.45) is 4.35. The third-order valence-corrected chi connectivity index (χ3v) is 5.53. The Morgan fingerprint density at radius 3 is 2.66 bits per heavy atom. The molecule has 0 radical (unpaired) electrons. The lowest BCUT2D eigenvalue weighted by atomic mass is 9.91. The first kappa shape index (κ1) is 21.0. The average Bonchev–Trinajstić information content (AvgIpc) is 3.13. The molecule has 0 aliphatic heterocycles. The molecule has 0 aliphatic rings. The molecule has 3 aromatic rings. The second kappa shape index (κ2) is 9.17. The monoisotopic (exact) mass is 409 g/mol. The second-order valence-electron chi connectivity index (χ2n) is 7.74. The summed E-state index contributed by atoms with van der Waals surface area (Å²) in [6, 6.07) is 5.81. The third-order valence-electron chi connectivity index (χ3n) is 4.39. The van der Waals surface area contributed by atoms with E-state index < -0.39 is 0 Å². The Labute approximate surface area is 175 Å². The first-order valence-corrected chi connectivity index (χ1v) is 10.6. The van der Waals surface area contributed by atoms with Crippen molar-refractivity contribution in [1.29, 1.82) is 5.41 Å². The van der Waals surface area contributed by atoms with Crippen LogP contribution in [0.15, 0.2) is 29.4 Å². The molecule has 7 nitrogen and oxygen atoms in total. The zero-order valence-corrected chi connectivity index (χ0v) is 18.3. The van der Waals surface area contributed by atoms with Gasteiger partial charge < -0.3 is 10.7 Å². The van der Waals surface area contributed by atoms with Crippen molar-refractivity contribution >= 4 is 45.2 Å². The van der Waals surface area contributed by atoms with Gasteiger partial charge >= 0.3 is 0 Å². The normalized spacial score (nSPS) is 12.9. The maximum atomic E-state index is 8.49. The molecular weight excluding hydrogens is 382 g/mol. The number of fused-ring (bicyclic) bond motifs is 1. The van der Waals surface area contributed by atoms with E-state index in [9.17, 15) is 0 Å². The van der Waals surface area contributed by atoms with Gasteiger partial charge in [0.2, 0.25) is 5.13 Å². The Morgan fingerprint density at radius 1 is 1.21 bits per heavy atom. The number of rotatable bonds is 8. The Bertz CT molecular complexity index is 1020. The van der Waals surface area contributed by atoms with Gasteiger partial charge in [-0.25, -0.2) is 4.98 Å². The molecule has 0 spiro atoms. The number of aliphatic imine (C=N–C) groups is 1. The zero-order chi connectivity index (χ0) is 21.0. The van der Waals surface area contributed by atoms with Gasteiger partial charge in [-0.1, -0.05) is 39.0 Å². The topological polar surface area (TPSA) is 99.8 Å². The molecule has 0 amide bonds. The fourth-order valence-electron chi connectivity index (χ4n) is 2.98. The largest absolute Gasteiger partial charge is 0.315 e. The molecule has 0 saturated carbocycles. The van der Waals surface area contributed by atoms with Gasteiger partial charge in [0.15, 0.2) is 0 Å². The van der Waals surface area contributed by atoms with Crippen LogP contribution in [0.2, 0.25) is 0 Å². The fraction of sp³-hybridized carbons (Fsp3) is 0.429. The van der Waals surface area contributed by atoms with E-state index in [1.165, 1.54) is 11.3 Å². The summed E-state index contributed by atoms with van der Waals surface area (Å²) in [5, 5.41) is 21.8. The van der Waals surface area contributed by atoms with Crippen molar-refractivity contribution in [1.82, 2.24) is 20.2 Å². The van der Waals surface area contributed by atoms with Crippen LogP contribution in [-0.4, -0.2) is 39.1 Å². The number of hydrogen-bond acceptors (Lipinski definition) is 8. The Morgan fingerprint density at radius 2 is 2.00 bits per heavy atom. The lowest BCUT2D eigenvalue weighted by Crippen LogP contribution is -2.15. The molecule has 3 rings (SSSR count). The lowest BCUT2D eigenvalue weighted by Gasteiger charge is -2.16. The highest BCUT2D eigenvalue weighted by Gasteiger charge is 2.17. The van der Waals surface area contributed by atoms with Gasteiger partial charge in [-0.2, -0.15) is 0 Å². The van der Waals surface area contributed by atoms with E-state index in [1.54, 1.807) is 7.05 Å². The Balaban J connectivity index is 1.90. The van der Waals surface area contributed by atoms with Gasteiger partial charge in [-0.3, -0.25) is 9.98 Å². The summed E-state index contributed by atoms with van der Waals surface area (Å²) in [5.74, 6) is 1.27. The van der Waals surface area contributed by atoms with E-state index in [-0.39, 0.29) is 5.92 Å². The molecule has 8 heteroatoms. The van der Waals surface area contributed by atoms with Crippen LogP contribution in [0.25, 0.3) is 11.0 Å². The van der Waals surface area contributed by atoms with E-state index in [2.05, 4.69) is 53.2 Å². The minimum Gasteiger partial charge on any atom is -0.315 e. The summed E-state index contributed by atoms with van der Waals surface area (Å²) in [7, 11) is 1.73. The average molecular weight is 410 g/mol. The van der Waals surface area contributed by atoms with Gasteiger partial charge in [0.1, 0.15) is 10.8 Å². The SMILES string of the molecule is CN=CC(C(=N)CC(C)C)c1cnc2ccc(Nc3nnc(C(C)C)s3)nc2c1. The second-order valence-corrected chi connectivity index (χ2v) is 8.75. The van der Waals surface area contributed by atoms with Gasteiger partial charge in [0, 0.05) is 31.1 Å². The molecular formula is C21H27N7S. The number of nitrogens with one attached hydrogen (secondary N) is 2. The van der Waals surface area contributed by atoms with Crippen LogP contribution in [0, 0.1) is 11.3 Å². The predicted octanol–water partition coefficient (Wildman–Crippen LogP) is 5.20. The van der Waals surface area contributed by atoms with Crippen LogP contribution in [0.1, 0.15) is 56.5 Å². The Hall–Kier alpha value is -2.74. The van der Waals surface area contributed by atoms with Crippen molar-refractivity contribution in [2.75, 3.05) is 12.4 Å². The van der Waals surface area contributed by atoms with Crippen LogP contribution >= 0.6 is 11.3 Å². The van der Waals surface area contributed by atoms with Crippen molar-refractivity contribution in [2.24, 2.45) is 10.9 Å². The van der Waals surface area contributed by atoms with Crippen LogP contribution in [0.5, 0.6) is 0 Å². The molecule has 3 aromatic heterocycles. The van der Waals surface area contributed by atoms with Crippen LogP contribution in [0.4, 0.5) is 10.9 Å². The van der Waals surface area contributed by atoms with Gasteiger partial charge in [0.05, 0.1) is 17.0 Å².